The second kappa shape index (κ2) is 9.70. The van der Waals surface area contributed by atoms with Gasteiger partial charge in [-0.2, -0.15) is 0 Å². The molecular formula is C17H27ClN4. The van der Waals surface area contributed by atoms with Crippen molar-refractivity contribution in [2.24, 2.45) is 4.99 Å². The Balaban J connectivity index is 1.60. The maximum Gasteiger partial charge on any atom is 0.191 e. The Kier molecular flexibility index (Phi) is 7.54. The molecule has 0 saturated carbocycles. The van der Waals surface area contributed by atoms with Gasteiger partial charge in [-0.15, -0.1) is 0 Å². The van der Waals surface area contributed by atoms with Gasteiger partial charge in [-0.1, -0.05) is 29.8 Å². The van der Waals surface area contributed by atoms with Gasteiger partial charge in [0.05, 0.1) is 0 Å². The first kappa shape index (κ1) is 17.1. The van der Waals surface area contributed by atoms with E-state index in [0.717, 1.165) is 23.1 Å². The average Bonchev–Trinajstić information content (AvgIpc) is 3.05. The number of hydrogen-bond donors (Lipinski definition) is 2. The third-order valence-electron chi connectivity index (χ3n) is 4.02. The van der Waals surface area contributed by atoms with Gasteiger partial charge in [-0.05, 0) is 56.9 Å². The molecule has 0 unspecified atom stereocenters. The van der Waals surface area contributed by atoms with Crippen molar-refractivity contribution in [2.75, 3.05) is 33.2 Å². The smallest absolute Gasteiger partial charge is 0.191 e. The van der Waals surface area contributed by atoms with Crippen molar-refractivity contribution in [2.45, 2.75) is 32.2 Å². The second-order valence-corrected chi connectivity index (χ2v) is 6.11. The molecule has 0 atom stereocenters. The molecular weight excluding hydrogens is 296 g/mol. The number of benzene rings is 1. The van der Waals surface area contributed by atoms with Crippen molar-refractivity contribution in [3.8, 4) is 0 Å². The first-order valence-electron chi connectivity index (χ1n) is 8.20. The topological polar surface area (TPSA) is 39.7 Å². The molecule has 0 amide bonds. The summed E-state index contributed by atoms with van der Waals surface area (Å²) in [5.41, 5.74) is 1.08. The number of guanidine groups is 1. The molecule has 0 spiro atoms. The quantitative estimate of drug-likeness (QED) is 0.460. The van der Waals surface area contributed by atoms with Crippen molar-refractivity contribution in [1.29, 1.82) is 0 Å². The maximum absolute atomic E-state index is 6.15. The Hall–Kier alpha value is -1.26. The lowest BCUT2D eigenvalue weighted by Crippen LogP contribution is -2.37. The molecule has 1 fully saturated rings. The first-order chi connectivity index (χ1) is 10.8. The summed E-state index contributed by atoms with van der Waals surface area (Å²) >= 11 is 6.15. The molecule has 1 aliphatic heterocycles. The van der Waals surface area contributed by atoms with Crippen LogP contribution in [0.15, 0.2) is 29.3 Å². The highest BCUT2D eigenvalue weighted by Crippen LogP contribution is 2.14. The van der Waals surface area contributed by atoms with Crippen LogP contribution in [0.2, 0.25) is 5.02 Å². The van der Waals surface area contributed by atoms with E-state index in [1.165, 1.54) is 45.3 Å². The standard InChI is InChI=1S/C17H27ClN4/c1-19-17(21-14-15-8-2-3-9-16(15)18)20-10-4-5-11-22-12-6-7-13-22/h2-3,8-9H,4-7,10-14H2,1H3,(H2,19,20,21). The van der Waals surface area contributed by atoms with E-state index in [4.69, 9.17) is 11.6 Å². The molecule has 5 heteroatoms. The lowest BCUT2D eigenvalue weighted by Gasteiger charge is -2.15. The van der Waals surface area contributed by atoms with Gasteiger partial charge in [0.25, 0.3) is 0 Å². The van der Waals surface area contributed by atoms with E-state index in [1.54, 1.807) is 7.05 Å². The minimum Gasteiger partial charge on any atom is -0.356 e. The minimum absolute atomic E-state index is 0.688. The Bertz CT molecular complexity index is 469. The van der Waals surface area contributed by atoms with Crippen molar-refractivity contribution in [1.82, 2.24) is 15.5 Å². The summed E-state index contributed by atoms with van der Waals surface area (Å²) in [5.74, 6) is 0.834. The van der Waals surface area contributed by atoms with Gasteiger partial charge in [0.2, 0.25) is 0 Å². The predicted octanol–water partition coefficient (Wildman–Crippen LogP) is 2.88. The van der Waals surface area contributed by atoms with Crippen LogP contribution in [0.3, 0.4) is 0 Å². The summed E-state index contributed by atoms with van der Waals surface area (Å²) in [7, 11) is 1.80. The molecule has 122 valence electrons. The molecule has 2 rings (SSSR count). The van der Waals surface area contributed by atoms with Crippen LogP contribution in [0.25, 0.3) is 0 Å². The van der Waals surface area contributed by atoms with Gasteiger partial charge in [-0.3, -0.25) is 4.99 Å². The highest BCUT2D eigenvalue weighted by Gasteiger charge is 2.10. The fourth-order valence-electron chi connectivity index (χ4n) is 2.71. The van der Waals surface area contributed by atoms with Crippen molar-refractivity contribution in [3.63, 3.8) is 0 Å². The molecule has 0 aliphatic carbocycles. The summed E-state index contributed by atoms with van der Waals surface area (Å²) in [6, 6.07) is 7.88. The summed E-state index contributed by atoms with van der Waals surface area (Å²) in [4.78, 5) is 6.81. The van der Waals surface area contributed by atoms with E-state index in [2.05, 4.69) is 20.5 Å². The normalized spacial score (nSPS) is 16.0. The van der Waals surface area contributed by atoms with Crippen LogP contribution in [0.4, 0.5) is 0 Å². The van der Waals surface area contributed by atoms with Crippen LogP contribution in [0, 0.1) is 0 Å². The van der Waals surface area contributed by atoms with Crippen LogP contribution in [-0.2, 0) is 6.54 Å². The second-order valence-electron chi connectivity index (χ2n) is 5.70. The van der Waals surface area contributed by atoms with Gasteiger partial charge < -0.3 is 15.5 Å². The van der Waals surface area contributed by atoms with E-state index in [1.807, 2.05) is 24.3 Å². The minimum atomic E-state index is 0.688. The van der Waals surface area contributed by atoms with Crippen LogP contribution in [-0.4, -0.2) is 44.1 Å². The zero-order valence-electron chi connectivity index (χ0n) is 13.4. The molecule has 4 nitrogen and oxygen atoms in total. The van der Waals surface area contributed by atoms with Gasteiger partial charge in [0, 0.05) is 25.2 Å². The molecule has 1 aromatic carbocycles. The SMILES string of the molecule is CN=C(NCCCCN1CCCC1)NCc1ccccc1Cl. The van der Waals surface area contributed by atoms with Crippen molar-refractivity contribution >= 4 is 17.6 Å². The highest BCUT2D eigenvalue weighted by molar-refractivity contribution is 6.31. The number of aliphatic imine (C=N–C) groups is 1. The number of nitrogens with one attached hydrogen (secondary N) is 2. The van der Waals surface area contributed by atoms with E-state index < -0.39 is 0 Å². The molecule has 22 heavy (non-hydrogen) atoms. The molecule has 0 aromatic heterocycles. The lowest BCUT2D eigenvalue weighted by molar-refractivity contribution is 0.330. The summed E-state index contributed by atoms with van der Waals surface area (Å²) in [6.07, 6.45) is 5.16. The van der Waals surface area contributed by atoms with Gasteiger partial charge >= 0.3 is 0 Å². The van der Waals surface area contributed by atoms with E-state index in [9.17, 15) is 0 Å². The van der Waals surface area contributed by atoms with E-state index >= 15 is 0 Å². The van der Waals surface area contributed by atoms with Gasteiger partial charge in [0.15, 0.2) is 5.96 Å². The van der Waals surface area contributed by atoms with Gasteiger partial charge in [-0.25, -0.2) is 0 Å². The fourth-order valence-corrected chi connectivity index (χ4v) is 2.92. The van der Waals surface area contributed by atoms with Crippen molar-refractivity contribution in [3.05, 3.63) is 34.9 Å². The molecule has 0 radical (unpaired) electrons. The Labute approximate surface area is 138 Å². The third-order valence-corrected chi connectivity index (χ3v) is 4.39. The predicted molar refractivity (Wildman–Crippen MR) is 94.6 cm³/mol. The summed E-state index contributed by atoms with van der Waals surface area (Å²) in [5, 5.41) is 7.45. The number of hydrogen-bond acceptors (Lipinski definition) is 2. The number of nitrogens with zero attached hydrogens (tertiary/aromatic N) is 2. The molecule has 1 aliphatic rings. The number of rotatable bonds is 7. The lowest BCUT2D eigenvalue weighted by atomic mass is 10.2. The number of unbranched alkanes of at least 4 members (excludes halogenated alkanes) is 1. The zero-order valence-corrected chi connectivity index (χ0v) is 14.2. The zero-order chi connectivity index (χ0) is 15.6. The third kappa shape index (κ3) is 5.85. The molecule has 1 heterocycles. The largest absolute Gasteiger partial charge is 0.356 e. The van der Waals surface area contributed by atoms with Crippen LogP contribution in [0.1, 0.15) is 31.2 Å². The van der Waals surface area contributed by atoms with Gasteiger partial charge in [0.1, 0.15) is 0 Å². The fraction of sp³-hybridized carbons (Fsp3) is 0.588. The summed E-state index contributed by atoms with van der Waals surface area (Å²) < 4.78 is 0. The van der Waals surface area contributed by atoms with Crippen LogP contribution in [0.5, 0.6) is 0 Å². The monoisotopic (exact) mass is 322 g/mol. The molecule has 1 aromatic rings. The van der Waals surface area contributed by atoms with E-state index in [0.29, 0.717) is 6.54 Å². The average molecular weight is 323 g/mol. The first-order valence-corrected chi connectivity index (χ1v) is 8.57. The number of halogens is 1. The van der Waals surface area contributed by atoms with Crippen LogP contribution >= 0.6 is 11.6 Å². The summed E-state index contributed by atoms with van der Waals surface area (Å²) in [6.45, 7) is 5.44. The Morgan fingerprint density at radius 2 is 1.95 bits per heavy atom. The molecule has 1 saturated heterocycles. The Morgan fingerprint density at radius 1 is 1.18 bits per heavy atom. The Morgan fingerprint density at radius 3 is 2.68 bits per heavy atom. The molecule has 2 N–H and O–H groups in total. The highest BCUT2D eigenvalue weighted by atomic mass is 35.5. The molecule has 0 bridgehead atoms. The van der Waals surface area contributed by atoms with Crippen molar-refractivity contribution < 1.29 is 0 Å². The number of likely N-dealkylation sites (tertiary alicyclic amines) is 1. The van der Waals surface area contributed by atoms with E-state index in [-0.39, 0.29) is 0 Å². The maximum atomic E-state index is 6.15. The van der Waals surface area contributed by atoms with Crippen LogP contribution < -0.4 is 10.6 Å².